The van der Waals surface area contributed by atoms with Gasteiger partial charge >= 0.3 is 11.8 Å². The van der Waals surface area contributed by atoms with E-state index < -0.39 is 11.8 Å². The zero-order valence-corrected chi connectivity index (χ0v) is 11.4. The highest BCUT2D eigenvalue weighted by Gasteiger charge is 2.16. The van der Waals surface area contributed by atoms with Gasteiger partial charge in [0.25, 0.3) is 0 Å². The Morgan fingerprint density at radius 3 is 3.00 bits per heavy atom. The number of pyridine rings is 1. The number of carbonyl (C=O) groups excluding carboxylic acids is 1. The van der Waals surface area contributed by atoms with Gasteiger partial charge in [-0.1, -0.05) is 29.8 Å². The van der Waals surface area contributed by atoms with Crippen molar-refractivity contribution in [3.05, 3.63) is 64.3 Å². The summed E-state index contributed by atoms with van der Waals surface area (Å²) >= 11 is 0. The first kappa shape index (κ1) is 13.1. The highest BCUT2D eigenvalue weighted by Crippen LogP contribution is 2.08. The van der Waals surface area contributed by atoms with Crippen LogP contribution in [0, 0.1) is 6.92 Å². The van der Waals surface area contributed by atoms with Crippen molar-refractivity contribution in [1.82, 2.24) is 14.9 Å². The topological polar surface area (TPSA) is 77.1 Å². The quantitative estimate of drug-likeness (QED) is 0.781. The summed E-state index contributed by atoms with van der Waals surface area (Å²) in [5.74, 6) is -0.745. The molecule has 0 fully saturated rings. The molecule has 0 radical (unpaired) electrons. The molecule has 0 unspecified atom stereocenters. The fraction of sp³-hybridized carbons (Fsp3) is 0.133. The molecule has 0 saturated heterocycles. The van der Waals surface area contributed by atoms with Crippen molar-refractivity contribution in [2.45, 2.75) is 13.5 Å². The molecular formula is C15H13N3O3. The van der Waals surface area contributed by atoms with Crippen molar-refractivity contribution in [3.63, 3.8) is 0 Å². The lowest BCUT2D eigenvalue weighted by Gasteiger charge is -2.05. The fourth-order valence-corrected chi connectivity index (χ4v) is 2.11. The summed E-state index contributed by atoms with van der Waals surface area (Å²) in [6.07, 6.45) is 1.50. The molecule has 3 aromatic rings. The number of hydrogen-bond acceptors (Lipinski definition) is 4. The van der Waals surface area contributed by atoms with Crippen LogP contribution >= 0.6 is 0 Å². The van der Waals surface area contributed by atoms with Crippen molar-refractivity contribution in [3.8, 4) is 0 Å². The van der Waals surface area contributed by atoms with Crippen molar-refractivity contribution < 1.29 is 9.21 Å². The Morgan fingerprint density at radius 1 is 1.33 bits per heavy atom. The van der Waals surface area contributed by atoms with E-state index in [1.807, 2.05) is 31.2 Å². The largest absolute Gasteiger partial charge is 0.429 e. The Bertz CT molecular complexity index is 864. The molecule has 1 amide bonds. The van der Waals surface area contributed by atoms with E-state index in [2.05, 4.69) is 10.3 Å². The fourth-order valence-electron chi connectivity index (χ4n) is 2.11. The number of aryl methyl sites for hydroxylation is 1. The van der Waals surface area contributed by atoms with E-state index in [1.165, 1.54) is 6.20 Å². The molecule has 3 rings (SSSR count). The van der Waals surface area contributed by atoms with Crippen LogP contribution < -0.4 is 11.1 Å². The average Bonchev–Trinajstić information content (AvgIpc) is 2.81. The van der Waals surface area contributed by atoms with E-state index in [4.69, 9.17) is 4.42 Å². The minimum absolute atomic E-state index is 0.212. The number of oxazole rings is 1. The number of carbonyl (C=O) groups is 1. The van der Waals surface area contributed by atoms with Gasteiger partial charge in [-0.25, -0.2) is 14.6 Å². The Morgan fingerprint density at radius 2 is 2.19 bits per heavy atom. The summed E-state index contributed by atoms with van der Waals surface area (Å²) in [4.78, 5) is 27.9. The number of hydrogen-bond donors (Lipinski definition) is 1. The molecule has 1 N–H and O–H groups in total. The second kappa shape index (κ2) is 5.24. The number of rotatable bonds is 2. The molecule has 0 bridgehead atoms. The van der Waals surface area contributed by atoms with Crippen molar-refractivity contribution in [2.75, 3.05) is 0 Å². The second-order valence-electron chi connectivity index (χ2n) is 4.68. The van der Waals surface area contributed by atoms with Crippen molar-refractivity contribution >= 4 is 17.3 Å². The van der Waals surface area contributed by atoms with Gasteiger partial charge in [0.2, 0.25) is 0 Å². The van der Waals surface area contributed by atoms with Crippen LogP contribution in [0.3, 0.4) is 0 Å². The zero-order chi connectivity index (χ0) is 14.8. The summed E-state index contributed by atoms with van der Waals surface area (Å²) in [6.45, 7) is 2.30. The normalized spacial score (nSPS) is 10.7. The molecule has 6 nitrogen and oxygen atoms in total. The number of nitrogens with one attached hydrogen (secondary N) is 1. The molecule has 0 aliphatic rings. The lowest BCUT2D eigenvalue weighted by Crippen LogP contribution is -2.34. The Hall–Kier alpha value is -2.89. The number of aromatic nitrogens is 2. The van der Waals surface area contributed by atoms with Gasteiger partial charge in [-0.05, 0) is 24.6 Å². The first-order valence-electron chi connectivity index (χ1n) is 6.45. The second-order valence-corrected chi connectivity index (χ2v) is 4.68. The minimum Gasteiger partial charge on any atom is -0.406 e. The average molecular weight is 283 g/mol. The van der Waals surface area contributed by atoms with Crippen LogP contribution in [0.15, 0.2) is 51.8 Å². The Labute approximate surface area is 120 Å². The highest BCUT2D eigenvalue weighted by molar-refractivity contribution is 5.85. The summed E-state index contributed by atoms with van der Waals surface area (Å²) in [7, 11) is 0. The van der Waals surface area contributed by atoms with Gasteiger partial charge < -0.3 is 9.73 Å². The van der Waals surface area contributed by atoms with Crippen molar-refractivity contribution in [1.29, 1.82) is 0 Å². The molecule has 21 heavy (non-hydrogen) atoms. The van der Waals surface area contributed by atoms with Gasteiger partial charge in [0.1, 0.15) is 0 Å². The summed E-state index contributed by atoms with van der Waals surface area (Å²) < 4.78 is 5.87. The molecule has 0 spiro atoms. The smallest absolute Gasteiger partial charge is 0.406 e. The maximum Gasteiger partial charge on any atom is 0.429 e. The minimum atomic E-state index is -0.745. The third-order valence-corrected chi connectivity index (χ3v) is 3.07. The van der Waals surface area contributed by atoms with Crippen molar-refractivity contribution in [2.24, 2.45) is 0 Å². The maximum absolute atomic E-state index is 12.2. The first-order chi connectivity index (χ1) is 10.1. The molecule has 0 aliphatic carbocycles. The maximum atomic E-state index is 12.2. The predicted molar refractivity (Wildman–Crippen MR) is 77.1 cm³/mol. The Kier molecular flexibility index (Phi) is 3.27. The number of amides is 1. The van der Waals surface area contributed by atoms with Gasteiger partial charge in [0.05, 0.1) is 0 Å². The molecule has 2 heterocycles. The van der Waals surface area contributed by atoms with Gasteiger partial charge in [-0.3, -0.25) is 0 Å². The van der Waals surface area contributed by atoms with Gasteiger partial charge in [-0.15, -0.1) is 0 Å². The molecule has 1 aromatic carbocycles. The van der Waals surface area contributed by atoms with E-state index in [-0.39, 0.29) is 11.2 Å². The van der Waals surface area contributed by atoms with Crippen LogP contribution in [0.25, 0.3) is 11.2 Å². The SMILES string of the molecule is Cc1cccc(CNC(=O)n2c(=O)oc3cccnc32)c1. The van der Waals surface area contributed by atoms with E-state index in [0.29, 0.717) is 6.54 Å². The van der Waals surface area contributed by atoms with E-state index >= 15 is 0 Å². The third kappa shape index (κ3) is 2.55. The third-order valence-electron chi connectivity index (χ3n) is 3.07. The van der Waals surface area contributed by atoms with Gasteiger partial charge in [-0.2, -0.15) is 4.57 Å². The van der Waals surface area contributed by atoms with Crippen LogP contribution in [0.4, 0.5) is 4.79 Å². The van der Waals surface area contributed by atoms with E-state index in [1.54, 1.807) is 12.1 Å². The lowest BCUT2D eigenvalue weighted by molar-refractivity contribution is 0.240. The summed E-state index contributed by atoms with van der Waals surface area (Å²) in [6, 6.07) is 10.4. The molecule has 106 valence electrons. The first-order valence-corrected chi connectivity index (χ1v) is 6.45. The van der Waals surface area contributed by atoms with Gasteiger partial charge in [0, 0.05) is 12.7 Å². The molecule has 0 atom stereocenters. The molecule has 2 aromatic heterocycles. The monoisotopic (exact) mass is 283 g/mol. The highest BCUT2D eigenvalue weighted by atomic mass is 16.4. The van der Waals surface area contributed by atoms with Crippen LogP contribution in [0.1, 0.15) is 11.1 Å². The lowest BCUT2D eigenvalue weighted by atomic mass is 10.1. The molecule has 0 saturated carbocycles. The molecular weight excluding hydrogens is 270 g/mol. The standard InChI is InChI=1S/C15H13N3O3/c1-10-4-2-5-11(8-10)9-17-14(19)18-13-12(21-15(18)20)6-3-7-16-13/h2-8H,9H2,1H3,(H,17,19). The summed E-state index contributed by atoms with van der Waals surface area (Å²) in [5, 5.41) is 2.69. The van der Waals surface area contributed by atoms with Crippen LogP contribution in [-0.4, -0.2) is 15.6 Å². The number of fused-ring (bicyclic) bond motifs is 1. The number of nitrogens with zero attached hydrogens (tertiary/aromatic N) is 2. The van der Waals surface area contributed by atoms with Gasteiger partial charge in [0.15, 0.2) is 11.2 Å². The van der Waals surface area contributed by atoms with E-state index in [9.17, 15) is 9.59 Å². The molecule has 6 heteroatoms. The number of benzene rings is 1. The summed E-state index contributed by atoms with van der Waals surface area (Å²) in [5.41, 5.74) is 2.56. The van der Waals surface area contributed by atoms with Crippen LogP contribution in [0.5, 0.6) is 0 Å². The van der Waals surface area contributed by atoms with Crippen LogP contribution in [-0.2, 0) is 6.54 Å². The predicted octanol–water partition coefficient (Wildman–Crippen LogP) is 2.06. The zero-order valence-electron chi connectivity index (χ0n) is 11.4. The Balaban J connectivity index is 1.84. The van der Waals surface area contributed by atoms with Crippen LogP contribution in [0.2, 0.25) is 0 Å². The molecule has 0 aliphatic heterocycles. The van der Waals surface area contributed by atoms with E-state index in [0.717, 1.165) is 15.7 Å².